The molecule has 0 saturated carbocycles. The first-order valence-corrected chi connectivity index (χ1v) is 7.40. The molecule has 0 aromatic heterocycles. The van der Waals surface area contributed by atoms with Crippen LogP contribution in [0.4, 0.5) is 0 Å². The standard InChI is InChI=1S/C15H30N2O2/c1-11(2)8-13(15(3,4)5)17-14(18)9-12-10-16-6-7-19-12/h11-13,16H,6-10H2,1-5H3,(H,17,18)/t12-,13+/m0/s1. The van der Waals surface area contributed by atoms with Gasteiger partial charge in [0.05, 0.1) is 19.1 Å². The van der Waals surface area contributed by atoms with Gasteiger partial charge < -0.3 is 15.4 Å². The third-order valence-corrected chi connectivity index (χ3v) is 3.51. The molecule has 0 aliphatic carbocycles. The number of morpholine rings is 1. The number of nitrogens with one attached hydrogen (secondary N) is 2. The molecule has 1 fully saturated rings. The molecule has 2 atom stereocenters. The molecule has 4 nitrogen and oxygen atoms in total. The molecule has 0 aromatic carbocycles. The van der Waals surface area contributed by atoms with Crippen LogP contribution < -0.4 is 10.6 Å². The number of rotatable bonds is 5. The molecule has 112 valence electrons. The van der Waals surface area contributed by atoms with E-state index in [9.17, 15) is 4.79 Å². The molecule has 4 heteroatoms. The van der Waals surface area contributed by atoms with Gasteiger partial charge in [-0.1, -0.05) is 34.6 Å². The van der Waals surface area contributed by atoms with Crippen molar-refractivity contribution in [1.82, 2.24) is 10.6 Å². The van der Waals surface area contributed by atoms with Crippen LogP contribution in [0, 0.1) is 11.3 Å². The summed E-state index contributed by atoms with van der Waals surface area (Å²) >= 11 is 0. The van der Waals surface area contributed by atoms with Crippen molar-refractivity contribution in [3.05, 3.63) is 0 Å². The molecule has 0 aromatic rings. The lowest BCUT2D eigenvalue weighted by molar-refractivity contribution is -0.126. The van der Waals surface area contributed by atoms with Crippen molar-refractivity contribution in [2.75, 3.05) is 19.7 Å². The van der Waals surface area contributed by atoms with Gasteiger partial charge in [0.2, 0.25) is 5.91 Å². The van der Waals surface area contributed by atoms with E-state index in [-0.39, 0.29) is 23.5 Å². The van der Waals surface area contributed by atoms with Gasteiger partial charge in [-0.2, -0.15) is 0 Å². The van der Waals surface area contributed by atoms with Crippen LogP contribution in [-0.2, 0) is 9.53 Å². The number of hydrogen-bond acceptors (Lipinski definition) is 3. The van der Waals surface area contributed by atoms with Crippen molar-refractivity contribution in [2.45, 2.75) is 59.6 Å². The zero-order valence-corrected chi connectivity index (χ0v) is 13.1. The van der Waals surface area contributed by atoms with Gasteiger partial charge in [-0.05, 0) is 17.8 Å². The fraction of sp³-hybridized carbons (Fsp3) is 0.933. The molecule has 2 N–H and O–H groups in total. The van der Waals surface area contributed by atoms with Crippen LogP contribution in [0.15, 0.2) is 0 Å². The molecule has 1 aliphatic rings. The highest BCUT2D eigenvalue weighted by molar-refractivity contribution is 5.76. The summed E-state index contributed by atoms with van der Waals surface area (Å²) in [5.41, 5.74) is 0.0889. The predicted molar refractivity (Wildman–Crippen MR) is 78.1 cm³/mol. The lowest BCUT2D eigenvalue weighted by atomic mass is 9.82. The summed E-state index contributed by atoms with van der Waals surface area (Å²) in [7, 11) is 0. The number of ether oxygens (including phenoxy) is 1. The van der Waals surface area contributed by atoms with Crippen molar-refractivity contribution in [3.63, 3.8) is 0 Å². The molecule has 1 rings (SSSR count). The van der Waals surface area contributed by atoms with E-state index in [1.807, 2.05) is 0 Å². The maximum absolute atomic E-state index is 12.1. The van der Waals surface area contributed by atoms with Crippen LogP contribution in [-0.4, -0.2) is 37.7 Å². The maximum atomic E-state index is 12.1. The zero-order chi connectivity index (χ0) is 14.5. The van der Waals surface area contributed by atoms with E-state index in [1.54, 1.807) is 0 Å². The maximum Gasteiger partial charge on any atom is 0.222 e. The van der Waals surface area contributed by atoms with Gasteiger partial charge in [-0.3, -0.25) is 4.79 Å². The lowest BCUT2D eigenvalue weighted by Gasteiger charge is -2.33. The second-order valence-corrected chi connectivity index (χ2v) is 7.02. The van der Waals surface area contributed by atoms with E-state index in [2.05, 4.69) is 45.3 Å². The minimum Gasteiger partial charge on any atom is -0.375 e. The number of carbonyl (C=O) groups excluding carboxylic acids is 1. The summed E-state index contributed by atoms with van der Waals surface area (Å²) in [6, 6.07) is 0.219. The van der Waals surface area contributed by atoms with E-state index in [0.29, 0.717) is 18.9 Å². The largest absolute Gasteiger partial charge is 0.375 e. The molecule has 0 radical (unpaired) electrons. The highest BCUT2D eigenvalue weighted by atomic mass is 16.5. The summed E-state index contributed by atoms with van der Waals surface area (Å²) in [6.07, 6.45) is 1.49. The van der Waals surface area contributed by atoms with Gasteiger partial charge in [-0.15, -0.1) is 0 Å². The van der Waals surface area contributed by atoms with Gasteiger partial charge in [-0.25, -0.2) is 0 Å². The summed E-state index contributed by atoms with van der Waals surface area (Å²) in [5.74, 6) is 0.686. The Morgan fingerprint density at radius 3 is 2.58 bits per heavy atom. The molecule has 0 spiro atoms. The summed E-state index contributed by atoms with van der Waals surface area (Å²) in [4.78, 5) is 12.1. The molecule has 0 unspecified atom stereocenters. The molecule has 1 amide bonds. The second kappa shape index (κ2) is 7.25. The monoisotopic (exact) mass is 270 g/mol. The lowest BCUT2D eigenvalue weighted by Crippen LogP contribution is -2.47. The van der Waals surface area contributed by atoms with Gasteiger partial charge in [0.25, 0.3) is 0 Å². The Hall–Kier alpha value is -0.610. The first-order valence-electron chi connectivity index (χ1n) is 7.40. The van der Waals surface area contributed by atoms with Gasteiger partial charge in [0.1, 0.15) is 0 Å². The molecule has 1 saturated heterocycles. The molecule has 19 heavy (non-hydrogen) atoms. The second-order valence-electron chi connectivity index (χ2n) is 7.02. The quantitative estimate of drug-likeness (QED) is 0.803. The topological polar surface area (TPSA) is 50.4 Å². The summed E-state index contributed by atoms with van der Waals surface area (Å²) in [5, 5.41) is 6.44. The zero-order valence-electron chi connectivity index (χ0n) is 13.1. The first kappa shape index (κ1) is 16.4. The van der Waals surface area contributed by atoms with Crippen LogP contribution in [0.25, 0.3) is 0 Å². The summed E-state index contributed by atoms with van der Waals surface area (Å²) < 4.78 is 5.57. The van der Waals surface area contributed by atoms with E-state index >= 15 is 0 Å². The normalized spacial score (nSPS) is 22.3. The first-order chi connectivity index (χ1) is 8.79. The Morgan fingerprint density at radius 1 is 1.42 bits per heavy atom. The third-order valence-electron chi connectivity index (χ3n) is 3.51. The molecular weight excluding hydrogens is 240 g/mol. The number of amides is 1. The Labute approximate surface area is 117 Å². The van der Waals surface area contributed by atoms with E-state index < -0.39 is 0 Å². The molecule has 0 bridgehead atoms. The van der Waals surface area contributed by atoms with Crippen LogP contribution in [0.2, 0.25) is 0 Å². The van der Waals surface area contributed by atoms with Gasteiger partial charge in [0, 0.05) is 19.1 Å². The molecule has 1 aliphatic heterocycles. The van der Waals surface area contributed by atoms with Gasteiger partial charge >= 0.3 is 0 Å². The smallest absolute Gasteiger partial charge is 0.222 e. The highest BCUT2D eigenvalue weighted by Gasteiger charge is 2.28. The van der Waals surface area contributed by atoms with Crippen LogP contribution >= 0.6 is 0 Å². The number of hydrogen-bond donors (Lipinski definition) is 2. The predicted octanol–water partition coefficient (Wildman–Crippen LogP) is 1.94. The van der Waals surface area contributed by atoms with Crippen molar-refractivity contribution < 1.29 is 9.53 Å². The Bertz CT molecular complexity index is 278. The van der Waals surface area contributed by atoms with Crippen LogP contribution in [0.5, 0.6) is 0 Å². The SMILES string of the molecule is CC(C)C[C@@H](NC(=O)C[C@H]1CNCCO1)C(C)(C)C. The average molecular weight is 270 g/mol. The summed E-state index contributed by atoms with van der Waals surface area (Å²) in [6.45, 7) is 13.3. The van der Waals surface area contributed by atoms with Crippen molar-refractivity contribution >= 4 is 5.91 Å². The fourth-order valence-corrected chi connectivity index (χ4v) is 2.31. The van der Waals surface area contributed by atoms with E-state index in [4.69, 9.17) is 4.74 Å². The van der Waals surface area contributed by atoms with Crippen LogP contribution in [0.3, 0.4) is 0 Å². The highest BCUT2D eigenvalue weighted by Crippen LogP contribution is 2.24. The minimum atomic E-state index is 0.0217. The molecular formula is C15H30N2O2. The van der Waals surface area contributed by atoms with E-state index in [0.717, 1.165) is 19.5 Å². The van der Waals surface area contributed by atoms with Crippen molar-refractivity contribution in [2.24, 2.45) is 11.3 Å². The van der Waals surface area contributed by atoms with Crippen molar-refractivity contribution in [1.29, 1.82) is 0 Å². The minimum absolute atomic E-state index is 0.0217. The Kier molecular flexibility index (Phi) is 6.27. The van der Waals surface area contributed by atoms with Crippen LogP contribution in [0.1, 0.15) is 47.5 Å². The Morgan fingerprint density at radius 2 is 2.11 bits per heavy atom. The van der Waals surface area contributed by atoms with Gasteiger partial charge in [0.15, 0.2) is 0 Å². The Balaban J connectivity index is 2.46. The van der Waals surface area contributed by atoms with E-state index in [1.165, 1.54) is 0 Å². The third kappa shape index (κ3) is 6.39. The van der Waals surface area contributed by atoms with Crippen molar-refractivity contribution in [3.8, 4) is 0 Å². The fourth-order valence-electron chi connectivity index (χ4n) is 2.31. The molecule has 1 heterocycles. The number of carbonyl (C=O) groups is 1. The average Bonchev–Trinajstić information content (AvgIpc) is 2.27.